The maximum Gasteiger partial charge on any atom is 0.263 e. The van der Waals surface area contributed by atoms with E-state index < -0.39 is 0 Å². The van der Waals surface area contributed by atoms with Crippen molar-refractivity contribution in [2.75, 3.05) is 11.6 Å². The Bertz CT molecular complexity index is 980. The molecule has 1 N–H and O–H groups in total. The Morgan fingerprint density at radius 1 is 1.36 bits per heavy atom. The van der Waals surface area contributed by atoms with Crippen LogP contribution in [0.1, 0.15) is 11.8 Å². The first-order valence-electron chi connectivity index (χ1n) is 7.64. The normalized spacial score (nSPS) is 11.0. The van der Waals surface area contributed by atoms with Gasteiger partial charge in [0, 0.05) is 15.6 Å². The van der Waals surface area contributed by atoms with Gasteiger partial charge in [-0.15, -0.1) is 11.3 Å². The van der Waals surface area contributed by atoms with Gasteiger partial charge >= 0.3 is 0 Å². The molecule has 8 heteroatoms. The van der Waals surface area contributed by atoms with Crippen LogP contribution in [0.15, 0.2) is 40.3 Å². The molecule has 1 amide bonds. The summed E-state index contributed by atoms with van der Waals surface area (Å²) in [6.07, 6.45) is 2.70. The van der Waals surface area contributed by atoms with Crippen molar-refractivity contribution in [1.29, 1.82) is 0 Å². The molecule has 0 fully saturated rings. The number of hydrogen-bond donors (Lipinski definition) is 1. The number of aromatic nitrogens is 2. The molecule has 0 unspecified atom stereocenters. The molecule has 3 rings (SSSR count). The zero-order chi connectivity index (χ0) is 18.0. The van der Waals surface area contributed by atoms with Crippen LogP contribution in [0.4, 0.5) is 5.69 Å². The predicted octanol–water partition coefficient (Wildman–Crippen LogP) is 4.03. The first-order valence-corrected chi connectivity index (χ1v) is 10.1. The number of carbonyl (C=O) groups excluding carboxylic acids is 1. The van der Waals surface area contributed by atoms with Gasteiger partial charge in [-0.2, -0.15) is 0 Å². The molecular weight excluding hydrogens is 378 g/mol. The molecule has 0 radical (unpaired) electrons. The second kappa shape index (κ2) is 7.59. The lowest BCUT2D eigenvalue weighted by molar-refractivity contribution is -0.116. The molecule has 0 spiro atoms. The number of thiophene rings is 1. The lowest BCUT2D eigenvalue weighted by atomic mass is 10.3. The molecule has 130 valence electrons. The van der Waals surface area contributed by atoms with E-state index in [-0.39, 0.29) is 18.0 Å². The average molecular weight is 394 g/mol. The molecule has 0 saturated heterocycles. The molecule has 1 aromatic carbocycles. The quantitative estimate of drug-likeness (QED) is 0.525. The van der Waals surface area contributed by atoms with Gasteiger partial charge in [0.25, 0.3) is 5.56 Å². The van der Waals surface area contributed by atoms with Crippen LogP contribution in [-0.4, -0.2) is 21.7 Å². The molecular formula is C17H16ClN3O2S2. The zero-order valence-corrected chi connectivity index (χ0v) is 16.1. The highest BCUT2D eigenvalue weighted by atomic mass is 35.5. The van der Waals surface area contributed by atoms with Crippen LogP contribution in [0.5, 0.6) is 0 Å². The molecule has 3 aromatic rings. The molecule has 5 nitrogen and oxygen atoms in total. The minimum atomic E-state index is -0.285. The Labute approximate surface area is 158 Å². The fourth-order valence-electron chi connectivity index (χ4n) is 2.39. The van der Waals surface area contributed by atoms with Gasteiger partial charge in [-0.1, -0.05) is 30.3 Å². The molecule has 0 aliphatic rings. The third kappa shape index (κ3) is 3.89. The number of halogens is 1. The minimum Gasteiger partial charge on any atom is -0.325 e. The number of amides is 1. The number of anilines is 1. The largest absolute Gasteiger partial charge is 0.325 e. The number of hydrogen-bond acceptors (Lipinski definition) is 5. The smallest absolute Gasteiger partial charge is 0.263 e. The van der Waals surface area contributed by atoms with Crippen LogP contribution >= 0.6 is 34.7 Å². The van der Waals surface area contributed by atoms with Crippen LogP contribution in [0.3, 0.4) is 0 Å². The maximum absolute atomic E-state index is 12.8. The molecule has 0 saturated carbocycles. The van der Waals surface area contributed by atoms with Gasteiger partial charge in [0.05, 0.1) is 5.39 Å². The Morgan fingerprint density at radius 2 is 2.08 bits per heavy atom. The topological polar surface area (TPSA) is 64.0 Å². The van der Waals surface area contributed by atoms with Gasteiger partial charge in [0.15, 0.2) is 5.16 Å². The number of nitrogens with zero attached hydrogens (tertiary/aromatic N) is 2. The van der Waals surface area contributed by atoms with Gasteiger partial charge in [0.2, 0.25) is 5.91 Å². The number of carbonyl (C=O) groups is 1. The number of thioether (sulfide) groups is 1. The van der Waals surface area contributed by atoms with Crippen LogP contribution in [0, 0.1) is 0 Å². The van der Waals surface area contributed by atoms with Crippen LogP contribution < -0.4 is 10.9 Å². The van der Waals surface area contributed by atoms with Crippen molar-refractivity contribution in [2.24, 2.45) is 0 Å². The number of aryl methyl sites for hydroxylation is 1. The Morgan fingerprint density at radius 3 is 2.72 bits per heavy atom. The average Bonchev–Trinajstić information content (AvgIpc) is 3.03. The Hall–Kier alpha value is -1.83. The Kier molecular flexibility index (Phi) is 5.46. The number of fused-ring (bicyclic) bond motifs is 1. The molecule has 25 heavy (non-hydrogen) atoms. The summed E-state index contributed by atoms with van der Waals surface area (Å²) in [4.78, 5) is 31.5. The first-order chi connectivity index (χ1) is 12.0. The van der Waals surface area contributed by atoms with Crippen molar-refractivity contribution in [2.45, 2.75) is 25.0 Å². The third-order valence-corrected chi connectivity index (χ3v) is 5.73. The minimum absolute atomic E-state index is 0.0854. The van der Waals surface area contributed by atoms with Crippen molar-refractivity contribution in [1.82, 2.24) is 9.55 Å². The summed E-state index contributed by atoms with van der Waals surface area (Å²) in [5, 5.41) is 4.47. The van der Waals surface area contributed by atoms with E-state index in [4.69, 9.17) is 11.6 Å². The zero-order valence-electron chi connectivity index (χ0n) is 13.7. The molecule has 2 heterocycles. The lowest BCUT2D eigenvalue weighted by Crippen LogP contribution is -2.29. The van der Waals surface area contributed by atoms with E-state index in [2.05, 4.69) is 10.3 Å². The standard InChI is InChI=1S/C17H16ClN3O2S2/c1-3-12-8-13-15(25-12)20-17(24-2)21(16(13)23)9-14(22)19-11-6-4-10(18)5-7-11/h4-8H,3,9H2,1-2H3,(H,19,22). The van der Waals surface area contributed by atoms with Gasteiger partial charge < -0.3 is 5.32 Å². The van der Waals surface area contributed by atoms with Gasteiger partial charge in [-0.05, 0) is 43.0 Å². The van der Waals surface area contributed by atoms with Crippen molar-refractivity contribution in [3.63, 3.8) is 0 Å². The summed E-state index contributed by atoms with van der Waals surface area (Å²) in [7, 11) is 0. The lowest BCUT2D eigenvalue weighted by Gasteiger charge is -2.11. The first kappa shape index (κ1) is 18.0. The molecule has 2 aromatic heterocycles. The summed E-state index contributed by atoms with van der Waals surface area (Å²) in [5.74, 6) is -0.285. The van der Waals surface area contributed by atoms with Crippen LogP contribution in [-0.2, 0) is 17.8 Å². The second-order valence-corrected chi connectivity index (χ2v) is 7.65. The summed E-state index contributed by atoms with van der Waals surface area (Å²) in [6.45, 7) is 1.95. The van der Waals surface area contributed by atoms with Gasteiger partial charge in [-0.25, -0.2) is 4.98 Å². The summed E-state index contributed by atoms with van der Waals surface area (Å²) < 4.78 is 1.42. The highest BCUT2D eigenvalue weighted by Gasteiger charge is 2.15. The van der Waals surface area contributed by atoms with Gasteiger partial charge in [-0.3, -0.25) is 14.2 Å². The van der Waals surface area contributed by atoms with E-state index in [1.54, 1.807) is 24.3 Å². The van der Waals surface area contributed by atoms with E-state index in [0.717, 1.165) is 16.1 Å². The van der Waals surface area contributed by atoms with Crippen LogP contribution in [0.25, 0.3) is 10.2 Å². The van der Waals surface area contributed by atoms with E-state index >= 15 is 0 Å². The number of benzene rings is 1. The fourth-order valence-corrected chi connectivity index (χ4v) is 4.09. The highest BCUT2D eigenvalue weighted by Crippen LogP contribution is 2.24. The van der Waals surface area contributed by atoms with Crippen molar-refractivity contribution in [3.8, 4) is 0 Å². The molecule has 0 atom stereocenters. The van der Waals surface area contributed by atoms with Crippen molar-refractivity contribution < 1.29 is 4.79 Å². The third-order valence-electron chi connectivity index (χ3n) is 3.63. The molecule has 0 aliphatic carbocycles. The Balaban J connectivity index is 1.91. The maximum atomic E-state index is 12.8. The summed E-state index contributed by atoms with van der Waals surface area (Å²) >= 11 is 8.71. The SMILES string of the molecule is CCc1cc2c(=O)n(CC(=O)Nc3ccc(Cl)cc3)c(SC)nc2s1. The van der Waals surface area contributed by atoms with Crippen molar-refractivity contribution >= 4 is 56.5 Å². The number of rotatable bonds is 5. The fraction of sp³-hybridized carbons (Fsp3) is 0.235. The number of nitrogens with one attached hydrogen (secondary N) is 1. The molecule has 0 bridgehead atoms. The highest BCUT2D eigenvalue weighted by molar-refractivity contribution is 7.98. The van der Waals surface area contributed by atoms with E-state index in [1.165, 1.54) is 27.7 Å². The van der Waals surface area contributed by atoms with Crippen molar-refractivity contribution in [3.05, 3.63) is 50.6 Å². The monoisotopic (exact) mass is 393 g/mol. The summed E-state index contributed by atoms with van der Waals surface area (Å²) in [5.41, 5.74) is 0.447. The van der Waals surface area contributed by atoms with Crippen LogP contribution in [0.2, 0.25) is 5.02 Å². The van der Waals surface area contributed by atoms with E-state index in [1.807, 2.05) is 19.2 Å². The van der Waals surface area contributed by atoms with E-state index in [0.29, 0.717) is 21.3 Å². The van der Waals surface area contributed by atoms with Gasteiger partial charge in [0.1, 0.15) is 11.4 Å². The predicted molar refractivity (Wildman–Crippen MR) is 105 cm³/mol. The molecule has 0 aliphatic heterocycles. The summed E-state index contributed by atoms with van der Waals surface area (Å²) in [6, 6.07) is 8.69. The second-order valence-electron chi connectivity index (χ2n) is 5.33. The van der Waals surface area contributed by atoms with E-state index in [9.17, 15) is 9.59 Å².